The molecule has 0 aliphatic rings. The van der Waals surface area contributed by atoms with E-state index < -0.39 is 0 Å². The van der Waals surface area contributed by atoms with Crippen molar-refractivity contribution in [3.63, 3.8) is 0 Å². The van der Waals surface area contributed by atoms with Gasteiger partial charge in [-0.05, 0) is 46.9 Å². The summed E-state index contributed by atoms with van der Waals surface area (Å²) in [5.74, 6) is 0. The van der Waals surface area contributed by atoms with E-state index in [0.717, 1.165) is 17.0 Å². The van der Waals surface area contributed by atoms with Gasteiger partial charge >= 0.3 is 0 Å². The molecule has 21 heavy (non-hydrogen) atoms. The lowest BCUT2D eigenvalue weighted by atomic mass is 10.0. The Morgan fingerprint density at radius 3 is 2.48 bits per heavy atom. The maximum atomic E-state index is 6.36. The molecule has 0 nitrogen and oxygen atoms in total. The van der Waals surface area contributed by atoms with Crippen molar-refractivity contribution < 1.29 is 0 Å². The van der Waals surface area contributed by atoms with Gasteiger partial charge in [-0.15, -0.1) is 0 Å². The molecule has 0 saturated heterocycles. The van der Waals surface area contributed by atoms with Crippen molar-refractivity contribution >= 4 is 38.3 Å². The van der Waals surface area contributed by atoms with Crippen molar-refractivity contribution in [2.45, 2.75) is 18.2 Å². The lowest BCUT2D eigenvalue weighted by molar-refractivity contribution is 0.950. The smallest absolute Gasteiger partial charge is 0.0452 e. The van der Waals surface area contributed by atoms with Crippen LogP contribution in [0.3, 0.4) is 0 Å². The van der Waals surface area contributed by atoms with Crippen LogP contribution in [0.5, 0.6) is 0 Å². The number of benzene rings is 3. The van der Waals surface area contributed by atoms with Crippen molar-refractivity contribution in [3.05, 3.63) is 82.4 Å². The van der Waals surface area contributed by atoms with Crippen LogP contribution in [0, 0.1) is 6.92 Å². The lowest BCUT2D eigenvalue weighted by Crippen LogP contribution is -1.97. The molecule has 1 unspecified atom stereocenters. The Hall–Kier alpha value is -1.31. The van der Waals surface area contributed by atoms with E-state index in [2.05, 4.69) is 77.5 Å². The van der Waals surface area contributed by atoms with Crippen LogP contribution in [-0.2, 0) is 6.42 Å². The first-order valence-electron chi connectivity index (χ1n) is 7.01. The quantitative estimate of drug-likeness (QED) is 0.469. The van der Waals surface area contributed by atoms with E-state index in [1.807, 2.05) is 6.07 Å². The number of aryl methyl sites for hydroxylation is 1. The summed E-state index contributed by atoms with van der Waals surface area (Å²) in [6.07, 6.45) is 0.924. The van der Waals surface area contributed by atoms with Crippen LogP contribution in [0.4, 0.5) is 0 Å². The molecular formula is C19H16BrCl. The Morgan fingerprint density at radius 2 is 1.71 bits per heavy atom. The summed E-state index contributed by atoms with van der Waals surface area (Å²) < 4.78 is 0. The van der Waals surface area contributed by atoms with Gasteiger partial charge in [0, 0.05) is 9.85 Å². The van der Waals surface area contributed by atoms with Crippen LogP contribution in [-0.4, -0.2) is 0 Å². The SMILES string of the molecule is Cc1ccc(C(Br)Cc2ccc3ccccc3c2)c(Cl)c1. The second-order valence-electron chi connectivity index (χ2n) is 5.38. The van der Waals surface area contributed by atoms with Gasteiger partial charge in [-0.2, -0.15) is 0 Å². The Kier molecular flexibility index (Phi) is 4.32. The predicted molar refractivity (Wildman–Crippen MR) is 95.5 cm³/mol. The van der Waals surface area contributed by atoms with Gasteiger partial charge in [-0.1, -0.05) is 82.1 Å². The molecule has 0 fully saturated rings. The predicted octanol–water partition coefficient (Wildman–Crippen LogP) is 6.48. The highest BCUT2D eigenvalue weighted by Gasteiger charge is 2.12. The Labute approximate surface area is 138 Å². The first-order chi connectivity index (χ1) is 10.1. The van der Waals surface area contributed by atoms with Crippen molar-refractivity contribution in [1.29, 1.82) is 0 Å². The average molecular weight is 360 g/mol. The third-order valence-electron chi connectivity index (χ3n) is 3.72. The van der Waals surface area contributed by atoms with Crippen molar-refractivity contribution in [2.24, 2.45) is 0 Å². The molecule has 0 saturated carbocycles. The highest BCUT2D eigenvalue weighted by Crippen LogP contribution is 2.33. The fraction of sp³-hybridized carbons (Fsp3) is 0.158. The highest BCUT2D eigenvalue weighted by atomic mass is 79.9. The number of hydrogen-bond donors (Lipinski definition) is 0. The normalized spacial score (nSPS) is 12.5. The van der Waals surface area contributed by atoms with Crippen LogP contribution in [0.1, 0.15) is 21.5 Å². The molecular weight excluding hydrogens is 344 g/mol. The zero-order valence-corrected chi connectivity index (χ0v) is 14.2. The number of fused-ring (bicyclic) bond motifs is 1. The Bertz CT molecular complexity index is 779. The topological polar surface area (TPSA) is 0 Å². The molecule has 3 aromatic carbocycles. The van der Waals surface area contributed by atoms with E-state index in [1.165, 1.54) is 21.9 Å². The summed E-state index contributed by atoms with van der Waals surface area (Å²) in [6.45, 7) is 2.06. The van der Waals surface area contributed by atoms with Gasteiger partial charge in [0.2, 0.25) is 0 Å². The fourth-order valence-corrected chi connectivity index (χ4v) is 3.84. The third kappa shape index (κ3) is 3.30. The van der Waals surface area contributed by atoms with Gasteiger partial charge < -0.3 is 0 Å². The molecule has 0 radical (unpaired) electrons. The number of halogens is 2. The summed E-state index contributed by atoms with van der Waals surface area (Å²) in [5.41, 5.74) is 3.65. The monoisotopic (exact) mass is 358 g/mol. The van der Waals surface area contributed by atoms with Gasteiger partial charge in [0.1, 0.15) is 0 Å². The highest BCUT2D eigenvalue weighted by molar-refractivity contribution is 9.09. The molecule has 0 amide bonds. The second-order valence-corrected chi connectivity index (χ2v) is 6.89. The van der Waals surface area contributed by atoms with Gasteiger partial charge in [-0.3, -0.25) is 0 Å². The van der Waals surface area contributed by atoms with Crippen LogP contribution in [0.2, 0.25) is 5.02 Å². The van der Waals surface area contributed by atoms with E-state index in [0.29, 0.717) is 0 Å². The third-order valence-corrected chi connectivity index (χ3v) is 4.87. The molecule has 1 atom stereocenters. The molecule has 2 heteroatoms. The molecule has 0 aliphatic carbocycles. The zero-order valence-electron chi connectivity index (χ0n) is 11.8. The maximum absolute atomic E-state index is 6.36. The Morgan fingerprint density at radius 1 is 0.952 bits per heavy atom. The van der Waals surface area contributed by atoms with E-state index in [-0.39, 0.29) is 4.83 Å². The molecule has 0 heterocycles. The summed E-state index contributed by atoms with van der Waals surface area (Å²) in [6, 6.07) is 21.3. The number of alkyl halides is 1. The minimum atomic E-state index is 0.228. The minimum Gasteiger partial charge on any atom is -0.0840 e. The molecule has 3 rings (SSSR count). The van der Waals surface area contributed by atoms with Gasteiger partial charge in [0.25, 0.3) is 0 Å². The van der Waals surface area contributed by atoms with E-state index in [9.17, 15) is 0 Å². The summed E-state index contributed by atoms with van der Waals surface area (Å²) in [4.78, 5) is 0.228. The fourth-order valence-electron chi connectivity index (χ4n) is 2.57. The first kappa shape index (κ1) is 14.6. The summed E-state index contributed by atoms with van der Waals surface area (Å²) in [5, 5.41) is 3.39. The van der Waals surface area contributed by atoms with Crippen LogP contribution in [0.15, 0.2) is 60.7 Å². The van der Waals surface area contributed by atoms with E-state index in [1.54, 1.807) is 0 Å². The summed E-state index contributed by atoms with van der Waals surface area (Å²) >= 11 is 10.1. The van der Waals surface area contributed by atoms with Crippen molar-refractivity contribution in [1.82, 2.24) is 0 Å². The number of hydrogen-bond acceptors (Lipinski definition) is 0. The van der Waals surface area contributed by atoms with Crippen LogP contribution >= 0.6 is 27.5 Å². The number of rotatable bonds is 3. The van der Waals surface area contributed by atoms with E-state index in [4.69, 9.17) is 11.6 Å². The van der Waals surface area contributed by atoms with Crippen molar-refractivity contribution in [2.75, 3.05) is 0 Å². The summed E-state index contributed by atoms with van der Waals surface area (Å²) in [7, 11) is 0. The van der Waals surface area contributed by atoms with Gasteiger partial charge in [0.05, 0.1) is 0 Å². The standard InChI is InChI=1S/C19H16BrCl/c1-13-6-9-17(19(21)10-13)18(20)12-14-7-8-15-4-2-3-5-16(15)11-14/h2-11,18H,12H2,1H3. The van der Waals surface area contributed by atoms with Crippen LogP contribution < -0.4 is 0 Å². The van der Waals surface area contributed by atoms with Crippen LogP contribution in [0.25, 0.3) is 10.8 Å². The molecule has 0 aliphatic heterocycles. The Balaban J connectivity index is 1.87. The first-order valence-corrected chi connectivity index (χ1v) is 8.30. The van der Waals surface area contributed by atoms with Gasteiger partial charge in [0.15, 0.2) is 0 Å². The largest absolute Gasteiger partial charge is 0.0840 e. The zero-order chi connectivity index (χ0) is 14.8. The lowest BCUT2D eigenvalue weighted by Gasteiger charge is -2.13. The molecule has 0 spiro atoms. The average Bonchev–Trinajstić information content (AvgIpc) is 2.47. The van der Waals surface area contributed by atoms with Crippen molar-refractivity contribution in [3.8, 4) is 0 Å². The maximum Gasteiger partial charge on any atom is 0.0452 e. The van der Waals surface area contributed by atoms with Gasteiger partial charge in [-0.25, -0.2) is 0 Å². The second kappa shape index (κ2) is 6.21. The molecule has 106 valence electrons. The minimum absolute atomic E-state index is 0.228. The molecule has 0 N–H and O–H groups in total. The molecule has 3 aromatic rings. The molecule has 0 aromatic heterocycles. The molecule has 0 bridgehead atoms. The van der Waals surface area contributed by atoms with E-state index >= 15 is 0 Å².